The Morgan fingerprint density at radius 1 is 0.944 bits per heavy atom. The summed E-state index contributed by atoms with van der Waals surface area (Å²) in [7, 11) is 0. The standard InChI is InChI=1S/C28H33F3N4O/c1-2-3-4-9-18-36-25-13-8-7-12-24(25)34-26-23(28(29,30)31)19-32-27(35-26)33-22-16-14-21(15-17-22)20-10-5-6-11-20/h7-8,12-17,19-20H,2-6,9-11,18H2,1H3,(H2,32,33,34,35). The van der Waals surface area contributed by atoms with Crippen LogP contribution >= 0.6 is 0 Å². The molecule has 4 rings (SSSR count). The number of para-hydroxylation sites is 2. The number of hydrogen-bond acceptors (Lipinski definition) is 5. The summed E-state index contributed by atoms with van der Waals surface area (Å²) in [5.41, 5.74) is 1.49. The van der Waals surface area contributed by atoms with E-state index in [0.717, 1.165) is 37.6 Å². The first kappa shape index (κ1) is 25.8. The Kier molecular flexibility index (Phi) is 8.67. The summed E-state index contributed by atoms with van der Waals surface area (Å²) in [6, 6.07) is 14.9. The van der Waals surface area contributed by atoms with Crippen LogP contribution in [0.1, 0.15) is 75.3 Å². The van der Waals surface area contributed by atoms with Crippen LogP contribution in [0.15, 0.2) is 54.7 Å². The monoisotopic (exact) mass is 498 g/mol. The van der Waals surface area contributed by atoms with Crippen molar-refractivity contribution in [1.82, 2.24) is 9.97 Å². The van der Waals surface area contributed by atoms with Crippen molar-refractivity contribution in [1.29, 1.82) is 0 Å². The van der Waals surface area contributed by atoms with Gasteiger partial charge in [-0.15, -0.1) is 0 Å². The molecule has 5 nitrogen and oxygen atoms in total. The first-order chi connectivity index (χ1) is 17.4. The molecule has 0 radical (unpaired) electrons. The smallest absolute Gasteiger partial charge is 0.421 e. The number of nitrogens with zero attached hydrogens (tertiary/aromatic N) is 2. The summed E-state index contributed by atoms with van der Waals surface area (Å²) in [4.78, 5) is 8.11. The molecule has 0 spiro atoms. The van der Waals surface area contributed by atoms with Gasteiger partial charge >= 0.3 is 6.18 Å². The number of rotatable bonds is 11. The molecule has 8 heteroatoms. The molecule has 1 aliphatic rings. The van der Waals surface area contributed by atoms with Gasteiger partial charge in [0.25, 0.3) is 0 Å². The van der Waals surface area contributed by atoms with Crippen LogP contribution in [0.5, 0.6) is 5.75 Å². The molecule has 192 valence electrons. The van der Waals surface area contributed by atoms with Crippen molar-refractivity contribution in [3.63, 3.8) is 0 Å². The Morgan fingerprint density at radius 2 is 1.69 bits per heavy atom. The number of aromatic nitrogens is 2. The minimum atomic E-state index is -4.61. The van der Waals surface area contributed by atoms with Crippen LogP contribution in [0, 0.1) is 0 Å². The fourth-order valence-electron chi connectivity index (χ4n) is 4.51. The van der Waals surface area contributed by atoms with Gasteiger partial charge in [0.15, 0.2) is 0 Å². The second kappa shape index (κ2) is 12.1. The first-order valence-electron chi connectivity index (χ1n) is 12.7. The van der Waals surface area contributed by atoms with Crippen LogP contribution in [-0.4, -0.2) is 16.6 Å². The maximum atomic E-state index is 13.8. The zero-order valence-electron chi connectivity index (χ0n) is 20.6. The van der Waals surface area contributed by atoms with Gasteiger partial charge in [0.1, 0.15) is 17.1 Å². The molecule has 1 aliphatic carbocycles. The zero-order chi connectivity index (χ0) is 25.4. The highest BCUT2D eigenvalue weighted by Gasteiger charge is 2.35. The number of halogens is 3. The SMILES string of the molecule is CCCCCCOc1ccccc1Nc1nc(Nc2ccc(C3CCCC3)cc2)ncc1C(F)(F)F. The number of alkyl halides is 3. The normalized spacial score (nSPS) is 14.1. The van der Waals surface area contributed by atoms with Crippen LogP contribution in [0.4, 0.5) is 36.3 Å². The van der Waals surface area contributed by atoms with Crippen molar-refractivity contribution in [2.45, 2.75) is 70.4 Å². The summed E-state index contributed by atoms with van der Waals surface area (Å²) < 4.78 is 47.1. The third-order valence-electron chi connectivity index (χ3n) is 6.48. The second-order valence-electron chi connectivity index (χ2n) is 9.21. The average Bonchev–Trinajstić information content (AvgIpc) is 3.40. The Hall–Kier alpha value is -3.29. The van der Waals surface area contributed by atoms with Crippen molar-refractivity contribution in [2.75, 3.05) is 17.2 Å². The first-order valence-corrected chi connectivity index (χ1v) is 12.7. The van der Waals surface area contributed by atoms with Gasteiger partial charge in [-0.3, -0.25) is 0 Å². The Balaban J connectivity index is 1.51. The predicted octanol–water partition coefficient (Wildman–Crippen LogP) is 8.60. The van der Waals surface area contributed by atoms with Gasteiger partial charge in [0, 0.05) is 11.9 Å². The largest absolute Gasteiger partial charge is 0.491 e. The second-order valence-corrected chi connectivity index (χ2v) is 9.21. The summed E-state index contributed by atoms with van der Waals surface area (Å²) >= 11 is 0. The van der Waals surface area contributed by atoms with E-state index in [9.17, 15) is 13.2 Å². The lowest BCUT2D eigenvalue weighted by Gasteiger charge is -2.17. The molecule has 2 aromatic carbocycles. The highest BCUT2D eigenvalue weighted by atomic mass is 19.4. The minimum Gasteiger partial charge on any atom is -0.491 e. The molecule has 0 aliphatic heterocycles. The Morgan fingerprint density at radius 3 is 2.42 bits per heavy atom. The summed E-state index contributed by atoms with van der Waals surface area (Å²) in [6.45, 7) is 2.63. The van der Waals surface area contributed by atoms with Gasteiger partial charge in [-0.25, -0.2) is 4.98 Å². The highest BCUT2D eigenvalue weighted by Crippen LogP contribution is 2.38. The van der Waals surface area contributed by atoms with E-state index in [-0.39, 0.29) is 11.8 Å². The van der Waals surface area contributed by atoms with E-state index in [1.807, 2.05) is 12.1 Å². The topological polar surface area (TPSA) is 59.1 Å². The molecule has 2 N–H and O–H groups in total. The molecule has 1 aromatic heterocycles. The molecular weight excluding hydrogens is 465 g/mol. The number of ether oxygens (including phenoxy) is 1. The number of nitrogens with one attached hydrogen (secondary N) is 2. The molecule has 36 heavy (non-hydrogen) atoms. The van der Waals surface area contributed by atoms with Crippen LogP contribution in [0.2, 0.25) is 0 Å². The molecule has 0 amide bonds. The number of unbranched alkanes of at least 4 members (excludes halogenated alkanes) is 3. The van der Waals surface area contributed by atoms with Crippen LogP contribution in [0.3, 0.4) is 0 Å². The number of hydrogen-bond donors (Lipinski definition) is 2. The fraction of sp³-hybridized carbons (Fsp3) is 0.429. The third-order valence-corrected chi connectivity index (χ3v) is 6.48. The number of benzene rings is 2. The average molecular weight is 499 g/mol. The summed E-state index contributed by atoms with van der Waals surface area (Å²) in [5, 5.41) is 5.87. The van der Waals surface area contributed by atoms with Crippen molar-refractivity contribution in [3.05, 3.63) is 65.9 Å². The van der Waals surface area contributed by atoms with Crippen LogP contribution in [0.25, 0.3) is 0 Å². The van der Waals surface area contributed by atoms with Gasteiger partial charge in [0.05, 0.1) is 12.3 Å². The maximum Gasteiger partial charge on any atom is 0.421 e. The highest BCUT2D eigenvalue weighted by molar-refractivity contribution is 5.67. The minimum absolute atomic E-state index is 0.0806. The van der Waals surface area contributed by atoms with E-state index in [1.54, 1.807) is 24.3 Å². The Bertz CT molecular complexity index is 1110. The van der Waals surface area contributed by atoms with Crippen molar-refractivity contribution in [2.24, 2.45) is 0 Å². The van der Waals surface area contributed by atoms with Crippen molar-refractivity contribution in [3.8, 4) is 5.75 Å². The van der Waals surface area contributed by atoms with E-state index in [0.29, 0.717) is 24.0 Å². The quantitative estimate of drug-likeness (QED) is 0.259. The van der Waals surface area contributed by atoms with E-state index in [1.165, 1.54) is 31.2 Å². The van der Waals surface area contributed by atoms with Crippen LogP contribution in [-0.2, 0) is 6.18 Å². The molecule has 1 saturated carbocycles. The van der Waals surface area contributed by atoms with E-state index in [4.69, 9.17) is 4.74 Å². The van der Waals surface area contributed by atoms with Crippen molar-refractivity contribution < 1.29 is 17.9 Å². The lowest BCUT2D eigenvalue weighted by Crippen LogP contribution is -2.13. The Labute approximate surface area is 210 Å². The summed E-state index contributed by atoms with van der Waals surface area (Å²) in [5.74, 6) is 0.825. The van der Waals surface area contributed by atoms with Gasteiger partial charge in [-0.2, -0.15) is 18.2 Å². The van der Waals surface area contributed by atoms with E-state index < -0.39 is 11.7 Å². The third kappa shape index (κ3) is 6.89. The number of anilines is 4. The van der Waals surface area contributed by atoms with Gasteiger partial charge < -0.3 is 15.4 Å². The molecule has 0 atom stereocenters. The molecule has 1 fully saturated rings. The molecule has 0 saturated heterocycles. The summed E-state index contributed by atoms with van der Waals surface area (Å²) in [6.07, 6.45) is 5.29. The molecule has 0 unspecified atom stereocenters. The van der Waals surface area contributed by atoms with E-state index >= 15 is 0 Å². The van der Waals surface area contributed by atoms with Gasteiger partial charge in [-0.1, -0.05) is 63.3 Å². The molecule has 1 heterocycles. The lowest BCUT2D eigenvalue weighted by molar-refractivity contribution is -0.137. The maximum absolute atomic E-state index is 13.8. The van der Waals surface area contributed by atoms with Crippen LogP contribution < -0.4 is 15.4 Å². The van der Waals surface area contributed by atoms with Gasteiger partial charge in [-0.05, 0) is 55.0 Å². The predicted molar refractivity (Wildman–Crippen MR) is 137 cm³/mol. The molecule has 3 aromatic rings. The van der Waals surface area contributed by atoms with Gasteiger partial charge in [0.2, 0.25) is 5.95 Å². The molecule has 0 bridgehead atoms. The molecular formula is C28H33F3N4O. The zero-order valence-corrected chi connectivity index (χ0v) is 20.6. The van der Waals surface area contributed by atoms with Crippen molar-refractivity contribution >= 4 is 23.1 Å². The van der Waals surface area contributed by atoms with E-state index in [2.05, 4.69) is 39.7 Å². The fourth-order valence-corrected chi connectivity index (χ4v) is 4.51. The lowest BCUT2D eigenvalue weighted by atomic mass is 9.98.